The number of aromatic amines is 1. The standard InChI is InChI=1S/C34H34N4O2S/c1-36-16-18-37(19-17-36)29-11-7-10-26(20-29)27-14-15-28-23-38(41(39,40)24-25-8-3-2-4-9-25)34(31(28)21-27)32-22-35-33-13-6-5-12-30(32)33/h2-15,20-22,34-35H,16-19,23-24H2,1H3/t34-/m1/s1. The fourth-order valence-corrected chi connectivity index (χ4v) is 7.97. The van der Waals surface area contributed by atoms with Crippen LogP contribution in [-0.2, 0) is 22.3 Å². The lowest BCUT2D eigenvalue weighted by Crippen LogP contribution is -2.44. The number of nitrogens with zero attached hydrogens (tertiary/aromatic N) is 3. The average molecular weight is 563 g/mol. The van der Waals surface area contributed by atoms with Gasteiger partial charge in [0.1, 0.15) is 0 Å². The molecule has 1 saturated heterocycles. The molecule has 0 bridgehead atoms. The number of para-hydroxylation sites is 1. The van der Waals surface area contributed by atoms with Gasteiger partial charge in [0.2, 0.25) is 10.0 Å². The maximum Gasteiger partial charge on any atom is 0.219 e. The Morgan fingerprint density at radius 2 is 1.54 bits per heavy atom. The maximum absolute atomic E-state index is 14.0. The lowest BCUT2D eigenvalue weighted by atomic mass is 9.94. The van der Waals surface area contributed by atoms with E-state index < -0.39 is 16.1 Å². The molecule has 1 N–H and O–H groups in total. The van der Waals surface area contributed by atoms with Gasteiger partial charge in [0.25, 0.3) is 0 Å². The Bertz CT molecular complexity index is 1810. The highest BCUT2D eigenvalue weighted by molar-refractivity contribution is 7.88. The molecule has 0 saturated carbocycles. The van der Waals surface area contributed by atoms with E-state index in [0.29, 0.717) is 6.54 Å². The topological polar surface area (TPSA) is 59.6 Å². The molecule has 3 heterocycles. The first-order valence-corrected chi connectivity index (χ1v) is 15.8. The van der Waals surface area contributed by atoms with E-state index in [1.165, 1.54) is 5.69 Å². The first kappa shape index (κ1) is 26.0. The lowest BCUT2D eigenvalue weighted by Gasteiger charge is -2.34. The van der Waals surface area contributed by atoms with Crippen LogP contribution in [0.2, 0.25) is 0 Å². The summed E-state index contributed by atoms with van der Waals surface area (Å²) in [4.78, 5) is 8.19. The van der Waals surface area contributed by atoms with E-state index >= 15 is 0 Å². The van der Waals surface area contributed by atoms with Gasteiger partial charge < -0.3 is 14.8 Å². The van der Waals surface area contributed by atoms with Crippen LogP contribution in [0.5, 0.6) is 0 Å². The van der Waals surface area contributed by atoms with Crippen molar-refractivity contribution in [2.45, 2.75) is 18.3 Å². The summed E-state index contributed by atoms with van der Waals surface area (Å²) < 4.78 is 29.7. The second-order valence-electron chi connectivity index (χ2n) is 11.2. The van der Waals surface area contributed by atoms with E-state index in [0.717, 1.165) is 70.5 Å². The largest absolute Gasteiger partial charge is 0.369 e. The number of H-pyrrole nitrogens is 1. The number of anilines is 1. The van der Waals surface area contributed by atoms with Gasteiger partial charge in [-0.25, -0.2) is 8.42 Å². The smallest absolute Gasteiger partial charge is 0.219 e. The van der Waals surface area contributed by atoms with Crippen LogP contribution >= 0.6 is 0 Å². The molecular formula is C34H34N4O2S. The number of hydrogen-bond donors (Lipinski definition) is 1. The molecular weight excluding hydrogens is 528 g/mol. The minimum absolute atomic E-state index is 0.0272. The highest BCUT2D eigenvalue weighted by atomic mass is 32.2. The van der Waals surface area contributed by atoms with E-state index in [1.807, 2.05) is 54.7 Å². The summed E-state index contributed by atoms with van der Waals surface area (Å²) in [5.41, 5.74) is 8.37. The van der Waals surface area contributed by atoms with Crippen LogP contribution in [0, 0.1) is 0 Å². The molecule has 2 aliphatic heterocycles. The molecule has 0 aliphatic carbocycles. The van der Waals surface area contributed by atoms with Gasteiger partial charge in [-0.05, 0) is 59.1 Å². The van der Waals surface area contributed by atoms with Crippen LogP contribution in [0.1, 0.15) is 28.3 Å². The zero-order valence-electron chi connectivity index (χ0n) is 23.2. The minimum Gasteiger partial charge on any atom is -0.369 e. The van der Waals surface area contributed by atoms with Crippen LogP contribution in [0.4, 0.5) is 5.69 Å². The summed E-state index contributed by atoms with van der Waals surface area (Å²) in [5.74, 6) is -0.0272. The summed E-state index contributed by atoms with van der Waals surface area (Å²) in [6.45, 7) is 4.50. The van der Waals surface area contributed by atoms with Gasteiger partial charge >= 0.3 is 0 Å². The summed E-state index contributed by atoms with van der Waals surface area (Å²) in [6, 6.07) is 32.4. The fraction of sp³-hybridized carbons (Fsp3) is 0.235. The van der Waals surface area contributed by atoms with Crippen molar-refractivity contribution < 1.29 is 8.42 Å². The number of rotatable bonds is 6. The molecule has 41 heavy (non-hydrogen) atoms. The molecule has 5 aromatic rings. The predicted octanol–water partition coefficient (Wildman–Crippen LogP) is 6.02. The number of sulfonamides is 1. The molecule has 0 spiro atoms. The Morgan fingerprint density at radius 1 is 0.780 bits per heavy atom. The van der Waals surface area contributed by atoms with Crippen molar-refractivity contribution in [3.63, 3.8) is 0 Å². The molecule has 7 heteroatoms. The van der Waals surface area contributed by atoms with Crippen LogP contribution in [0.3, 0.4) is 0 Å². The maximum atomic E-state index is 14.0. The van der Waals surface area contributed by atoms with E-state index in [4.69, 9.17) is 0 Å². The molecule has 208 valence electrons. The first-order chi connectivity index (χ1) is 20.0. The lowest BCUT2D eigenvalue weighted by molar-refractivity contribution is 0.313. The number of nitrogens with one attached hydrogen (secondary N) is 1. The molecule has 0 unspecified atom stereocenters. The summed E-state index contributed by atoms with van der Waals surface area (Å²) in [7, 11) is -1.45. The summed E-state index contributed by atoms with van der Waals surface area (Å²) in [5, 5.41) is 1.05. The van der Waals surface area contributed by atoms with Crippen LogP contribution in [-0.4, -0.2) is 55.8 Å². The van der Waals surface area contributed by atoms with E-state index in [1.54, 1.807) is 4.31 Å². The van der Waals surface area contributed by atoms with Gasteiger partial charge in [0, 0.05) is 61.1 Å². The van der Waals surface area contributed by atoms with Gasteiger partial charge in [-0.15, -0.1) is 0 Å². The van der Waals surface area contributed by atoms with Gasteiger partial charge in [0.15, 0.2) is 0 Å². The first-order valence-electron chi connectivity index (χ1n) is 14.2. The molecule has 4 aromatic carbocycles. The normalized spacial score (nSPS) is 18.2. The number of fused-ring (bicyclic) bond motifs is 2. The highest BCUT2D eigenvalue weighted by Gasteiger charge is 2.40. The SMILES string of the molecule is CN1CCN(c2cccc(-c3ccc4c(c3)[C@H](c3c[nH]c5ccccc35)N(S(=O)(=O)Cc3ccccc3)C4)c2)CC1. The van der Waals surface area contributed by atoms with Gasteiger partial charge in [-0.2, -0.15) is 4.31 Å². The third kappa shape index (κ3) is 4.95. The van der Waals surface area contributed by atoms with Gasteiger partial charge in [-0.1, -0.05) is 72.8 Å². The summed E-state index contributed by atoms with van der Waals surface area (Å²) in [6.07, 6.45) is 1.98. The predicted molar refractivity (Wildman–Crippen MR) is 166 cm³/mol. The Balaban J connectivity index is 1.30. The Morgan fingerprint density at radius 3 is 2.37 bits per heavy atom. The molecule has 2 aliphatic rings. The second kappa shape index (κ2) is 10.5. The number of aromatic nitrogens is 1. The zero-order valence-corrected chi connectivity index (χ0v) is 24.0. The average Bonchev–Trinajstić information content (AvgIpc) is 3.59. The van der Waals surface area contributed by atoms with Crippen LogP contribution in [0.25, 0.3) is 22.0 Å². The highest BCUT2D eigenvalue weighted by Crippen LogP contribution is 2.45. The van der Waals surface area contributed by atoms with Crippen molar-refractivity contribution in [3.05, 3.63) is 126 Å². The number of likely N-dealkylation sites (N-methyl/N-ethyl adjacent to an activating group) is 1. The quantitative estimate of drug-likeness (QED) is 0.275. The number of piperazine rings is 1. The Hall–Kier alpha value is -3.91. The van der Waals surface area contributed by atoms with Crippen molar-refractivity contribution >= 4 is 26.6 Å². The van der Waals surface area contributed by atoms with Crippen molar-refractivity contribution in [2.75, 3.05) is 38.1 Å². The van der Waals surface area contributed by atoms with Gasteiger partial charge in [0.05, 0.1) is 11.8 Å². The molecule has 1 aromatic heterocycles. The fourth-order valence-electron chi connectivity index (χ4n) is 6.30. The van der Waals surface area contributed by atoms with Crippen LogP contribution in [0.15, 0.2) is 103 Å². The molecule has 0 radical (unpaired) electrons. The number of hydrogen-bond acceptors (Lipinski definition) is 4. The third-order valence-corrected chi connectivity index (χ3v) is 10.3. The van der Waals surface area contributed by atoms with Crippen molar-refractivity contribution in [1.29, 1.82) is 0 Å². The Labute approximate surface area is 241 Å². The second-order valence-corrected chi connectivity index (χ2v) is 13.2. The monoisotopic (exact) mass is 562 g/mol. The third-order valence-electron chi connectivity index (χ3n) is 8.57. The molecule has 1 atom stereocenters. The summed E-state index contributed by atoms with van der Waals surface area (Å²) >= 11 is 0. The van der Waals surface area contributed by atoms with E-state index in [-0.39, 0.29) is 5.75 Å². The van der Waals surface area contributed by atoms with Gasteiger partial charge in [-0.3, -0.25) is 0 Å². The molecule has 0 amide bonds. The van der Waals surface area contributed by atoms with E-state index in [2.05, 4.69) is 70.4 Å². The van der Waals surface area contributed by atoms with Crippen molar-refractivity contribution in [2.24, 2.45) is 0 Å². The van der Waals surface area contributed by atoms with Crippen molar-refractivity contribution in [3.8, 4) is 11.1 Å². The molecule has 7 rings (SSSR count). The zero-order chi connectivity index (χ0) is 28.0. The number of benzene rings is 4. The minimum atomic E-state index is -3.62. The van der Waals surface area contributed by atoms with Crippen LogP contribution < -0.4 is 4.90 Å². The Kier molecular flexibility index (Phi) is 6.66. The van der Waals surface area contributed by atoms with E-state index in [9.17, 15) is 8.42 Å². The van der Waals surface area contributed by atoms with Crippen molar-refractivity contribution in [1.82, 2.24) is 14.2 Å². The molecule has 1 fully saturated rings. The molecule has 6 nitrogen and oxygen atoms in total.